The Hall–Kier alpha value is -3.69. The molecule has 0 aromatic heterocycles. The van der Waals surface area contributed by atoms with E-state index in [1.165, 1.54) is 6.42 Å². The van der Waals surface area contributed by atoms with E-state index >= 15 is 0 Å². The van der Waals surface area contributed by atoms with Crippen molar-refractivity contribution < 1.29 is 23.9 Å². The molecule has 2 bridgehead atoms. The Morgan fingerprint density at radius 1 is 0.977 bits per heavy atom. The zero-order valence-electron chi connectivity index (χ0n) is 25.0. The average molecular weight is 587 g/mol. The number of amides is 3. The summed E-state index contributed by atoms with van der Waals surface area (Å²) in [5.41, 5.74) is -0.555. The first-order valence-corrected chi connectivity index (χ1v) is 15.8. The van der Waals surface area contributed by atoms with E-state index in [9.17, 15) is 14.4 Å². The smallest absolute Gasteiger partial charge is 0.246 e. The van der Waals surface area contributed by atoms with E-state index in [1.54, 1.807) is 29.2 Å². The maximum Gasteiger partial charge on any atom is 0.246 e. The number of fused-ring (bicyclic) bond motifs is 1. The molecule has 2 aromatic rings. The highest BCUT2D eigenvalue weighted by molar-refractivity contribution is 6.02. The third-order valence-electron chi connectivity index (χ3n) is 9.53. The molecule has 2 saturated heterocycles. The molecule has 1 aliphatic carbocycles. The van der Waals surface area contributed by atoms with Crippen LogP contribution in [0.4, 0.5) is 5.69 Å². The van der Waals surface area contributed by atoms with Gasteiger partial charge < -0.3 is 29.9 Å². The van der Waals surface area contributed by atoms with E-state index in [1.807, 2.05) is 42.5 Å². The first-order chi connectivity index (χ1) is 20.9. The highest BCUT2D eigenvalue weighted by atomic mass is 16.5. The van der Waals surface area contributed by atoms with Crippen LogP contribution in [0.2, 0.25) is 0 Å². The van der Waals surface area contributed by atoms with E-state index in [0.717, 1.165) is 44.5 Å². The van der Waals surface area contributed by atoms with Crippen molar-refractivity contribution in [2.45, 2.75) is 69.7 Å². The zero-order chi connectivity index (χ0) is 30.0. The molecule has 1 spiro atoms. The van der Waals surface area contributed by atoms with Crippen molar-refractivity contribution in [2.75, 3.05) is 31.5 Å². The van der Waals surface area contributed by atoms with Crippen LogP contribution in [-0.4, -0.2) is 77.5 Å². The van der Waals surface area contributed by atoms with Gasteiger partial charge in [-0.25, -0.2) is 0 Å². The van der Waals surface area contributed by atoms with Gasteiger partial charge in [0.25, 0.3) is 0 Å². The molecule has 3 aliphatic heterocycles. The van der Waals surface area contributed by atoms with Crippen LogP contribution in [0.5, 0.6) is 11.5 Å². The van der Waals surface area contributed by atoms with Gasteiger partial charge in [0.15, 0.2) is 0 Å². The van der Waals surface area contributed by atoms with Crippen LogP contribution in [0.3, 0.4) is 0 Å². The van der Waals surface area contributed by atoms with Crippen molar-refractivity contribution in [1.29, 1.82) is 0 Å². The normalized spacial score (nSPS) is 27.9. The number of benzene rings is 2. The second kappa shape index (κ2) is 12.5. The van der Waals surface area contributed by atoms with Crippen LogP contribution in [0.25, 0.3) is 0 Å². The van der Waals surface area contributed by atoms with Gasteiger partial charge in [-0.1, -0.05) is 63.5 Å². The van der Waals surface area contributed by atoms with Crippen LogP contribution in [0.1, 0.15) is 46.0 Å². The molecular formula is C34H42N4O5. The molecule has 3 unspecified atom stereocenters. The minimum absolute atomic E-state index is 0.104. The van der Waals surface area contributed by atoms with E-state index in [-0.39, 0.29) is 23.8 Å². The van der Waals surface area contributed by atoms with Gasteiger partial charge in [-0.2, -0.15) is 0 Å². The lowest BCUT2D eigenvalue weighted by Crippen LogP contribution is -2.57. The maximum atomic E-state index is 14.2. The lowest BCUT2D eigenvalue weighted by molar-refractivity contribution is -0.141. The van der Waals surface area contributed by atoms with Gasteiger partial charge in [0.1, 0.15) is 23.1 Å². The van der Waals surface area contributed by atoms with E-state index in [0.29, 0.717) is 24.5 Å². The Morgan fingerprint density at radius 2 is 1.67 bits per heavy atom. The molecule has 6 rings (SSSR count). The third kappa shape index (κ3) is 5.68. The van der Waals surface area contributed by atoms with Crippen LogP contribution >= 0.6 is 0 Å². The number of nitrogens with one attached hydrogen (secondary N) is 2. The van der Waals surface area contributed by atoms with Crippen LogP contribution in [0, 0.1) is 11.8 Å². The second-order valence-corrected chi connectivity index (χ2v) is 12.0. The predicted molar refractivity (Wildman–Crippen MR) is 164 cm³/mol. The molecule has 0 radical (unpaired) electrons. The van der Waals surface area contributed by atoms with E-state index in [4.69, 9.17) is 9.47 Å². The lowest BCUT2D eigenvalue weighted by atomic mass is 9.74. The summed E-state index contributed by atoms with van der Waals surface area (Å²) in [6.45, 7) is 6.93. The summed E-state index contributed by atoms with van der Waals surface area (Å²) in [6, 6.07) is 15.9. The zero-order valence-corrected chi connectivity index (χ0v) is 25.0. The average Bonchev–Trinajstić information content (AvgIpc) is 3.67. The Bertz CT molecular complexity index is 1340. The summed E-state index contributed by atoms with van der Waals surface area (Å²) in [4.78, 5) is 45.8. The Balaban J connectivity index is 1.21. The lowest BCUT2D eigenvalue weighted by Gasteiger charge is -2.34. The van der Waals surface area contributed by atoms with Crippen LogP contribution in [-0.2, 0) is 19.1 Å². The second-order valence-electron chi connectivity index (χ2n) is 12.0. The minimum atomic E-state index is -1.15. The molecule has 1 saturated carbocycles. The first kappa shape index (κ1) is 29.4. The summed E-state index contributed by atoms with van der Waals surface area (Å²) in [6.07, 6.45) is 8.43. The number of likely N-dealkylation sites (tertiary alicyclic amines) is 1. The number of ether oxygens (including phenoxy) is 2. The van der Waals surface area contributed by atoms with Crippen molar-refractivity contribution in [3.8, 4) is 11.5 Å². The topological polar surface area (TPSA) is 100 Å². The van der Waals surface area contributed by atoms with Crippen molar-refractivity contribution in [1.82, 2.24) is 15.1 Å². The molecule has 3 fully saturated rings. The molecule has 9 heteroatoms. The highest BCUT2D eigenvalue weighted by Gasteiger charge is 2.72. The standard InChI is InChI=1S/C34H42N4O5/c1-3-37(4-2)21-22-38-30(32(40)36-23-11-7-5-8-12-23)34-20-19-27(43-34)28(29(34)33(38)41)31(39)35-24-15-17-26(18-16-24)42-25-13-9-6-10-14-25/h6,9-10,13-20,23,27-30H,3-5,7-8,11-12,21-22H2,1-2H3,(H,35,39)(H,36,40)/t27-,28?,29-,30?,34?/m1/s1. The van der Waals surface area contributed by atoms with Crippen molar-refractivity contribution in [3.05, 3.63) is 66.7 Å². The fraction of sp³-hybridized carbons (Fsp3) is 0.500. The van der Waals surface area contributed by atoms with Gasteiger partial charge in [0, 0.05) is 24.8 Å². The molecule has 9 nitrogen and oxygen atoms in total. The summed E-state index contributed by atoms with van der Waals surface area (Å²) in [7, 11) is 0. The molecule has 5 atom stereocenters. The number of hydrogen-bond acceptors (Lipinski definition) is 6. The summed E-state index contributed by atoms with van der Waals surface area (Å²) >= 11 is 0. The molecule has 2 N–H and O–H groups in total. The Labute approximate surface area is 253 Å². The molecular weight excluding hydrogens is 544 g/mol. The third-order valence-corrected chi connectivity index (χ3v) is 9.53. The number of carbonyl (C=O) groups excluding carboxylic acids is 3. The van der Waals surface area contributed by atoms with Crippen molar-refractivity contribution in [2.24, 2.45) is 11.8 Å². The summed E-state index contributed by atoms with van der Waals surface area (Å²) in [5, 5.41) is 6.25. The Kier molecular flexibility index (Phi) is 8.54. The minimum Gasteiger partial charge on any atom is -0.457 e. The summed E-state index contributed by atoms with van der Waals surface area (Å²) in [5.74, 6) is -0.775. The van der Waals surface area contributed by atoms with Gasteiger partial charge in [0.2, 0.25) is 17.7 Å². The molecule has 3 heterocycles. The van der Waals surface area contributed by atoms with Crippen molar-refractivity contribution in [3.63, 3.8) is 0 Å². The fourth-order valence-corrected chi connectivity index (χ4v) is 7.28. The van der Waals surface area contributed by atoms with E-state index in [2.05, 4.69) is 29.4 Å². The number of rotatable bonds is 11. The maximum absolute atomic E-state index is 14.2. The highest BCUT2D eigenvalue weighted by Crippen LogP contribution is 2.55. The molecule has 4 aliphatic rings. The van der Waals surface area contributed by atoms with Gasteiger partial charge >= 0.3 is 0 Å². The fourth-order valence-electron chi connectivity index (χ4n) is 7.28. The molecule has 43 heavy (non-hydrogen) atoms. The SMILES string of the molecule is CCN(CC)CCN1C(=O)[C@H]2C(C(=O)Nc3ccc(Oc4ccccc4)cc3)[C@H]3C=CC2(O3)C1C(=O)NC1CCCCC1. The van der Waals surface area contributed by atoms with Crippen molar-refractivity contribution >= 4 is 23.4 Å². The summed E-state index contributed by atoms with van der Waals surface area (Å²) < 4.78 is 12.4. The number of anilines is 1. The number of para-hydroxylation sites is 1. The number of carbonyl (C=O) groups is 3. The monoisotopic (exact) mass is 586 g/mol. The number of nitrogens with zero attached hydrogens (tertiary/aromatic N) is 2. The first-order valence-electron chi connectivity index (χ1n) is 15.8. The van der Waals surface area contributed by atoms with Gasteiger partial charge in [-0.05, 0) is 62.3 Å². The molecule has 2 aromatic carbocycles. The van der Waals surface area contributed by atoms with Gasteiger partial charge in [-0.15, -0.1) is 0 Å². The van der Waals surface area contributed by atoms with Gasteiger partial charge in [-0.3, -0.25) is 14.4 Å². The molecule has 3 amide bonds. The van der Waals surface area contributed by atoms with Gasteiger partial charge in [0.05, 0.1) is 17.9 Å². The van der Waals surface area contributed by atoms with Crippen LogP contribution < -0.4 is 15.4 Å². The molecule has 228 valence electrons. The Morgan fingerprint density at radius 3 is 2.37 bits per heavy atom. The van der Waals surface area contributed by atoms with Crippen LogP contribution in [0.15, 0.2) is 66.7 Å². The predicted octanol–water partition coefficient (Wildman–Crippen LogP) is 4.36. The quantitative estimate of drug-likeness (QED) is 0.380. The number of likely N-dealkylation sites (N-methyl/N-ethyl adjacent to an activating group) is 1. The number of hydrogen-bond donors (Lipinski definition) is 2. The largest absolute Gasteiger partial charge is 0.457 e. The van der Waals surface area contributed by atoms with E-state index < -0.39 is 29.6 Å².